The molecule has 0 aromatic heterocycles. The molecule has 0 heterocycles. The van der Waals surface area contributed by atoms with Gasteiger partial charge in [0, 0.05) is 0 Å². The normalized spacial score (nSPS) is 14.0. The van der Waals surface area contributed by atoms with Crippen molar-refractivity contribution in [3.05, 3.63) is 119 Å². The van der Waals surface area contributed by atoms with Crippen molar-refractivity contribution < 1.29 is 25.9 Å². The number of aryl methyl sites for hydroxylation is 4. The highest BCUT2D eigenvalue weighted by molar-refractivity contribution is 7.86. The van der Waals surface area contributed by atoms with Crippen molar-refractivity contribution in [2.75, 3.05) is 0 Å². The lowest BCUT2D eigenvalue weighted by molar-refractivity contribution is 0.481. The standard InChI is InChI=1S/C35H42O6P2S2/c1-26(42-32-17-9-28(10-18-32)5-3-7-30-13-21-34(22-14-30)44(36,37)38)25-27(2)43-33-19-11-29(12-20-33)6-4-8-31-15-23-35(24-16-31)45(39,40)41/h9-24,26-27,42-43H,3-8,25H2,1-2H3,(H,36,37,38)(H,39,40,41). The summed E-state index contributed by atoms with van der Waals surface area (Å²) in [5.74, 6) is 0. The lowest BCUT2D eigenvalue weighted by Gasteiger charge is -2.18. The van der Waals surface area contributed by atoms with Gasteiger partial charge in [0.15, 0.2) is 0 Å². The Balaban J connectivity index is 1.14. The maximum Gasteiger partial charge on any atom is 0.294 e. The highest BCUT2D eigenvalue weighted by Crippen LogP contribution is 2.30. The Morgan fingerprint density at radius 3 is 1.02 bits per heavy atom. The van der Waals surface area contributed by atoms with E-state index in [1.165, 1.54) is 52.4 Å². The molecule has 0 aliphatic rings. The topological polar surface area (TPSA) is 109 Å². The van der Waals surface area contributed by atoms with Crippen LogP contribution in [0.25, 0.3) is 0 Å². The Morgan fingerprint density at radius 2 is 0.756 bits per heavy atom. The smallest absolute Gasteiger partial charge is 0.282 e. The summed E-state index contributed by atoms with van der Waals surface area (Å²) in [5, 5.41) is 2.78. The highest BCUT2D eigenvalue weighted by Gasteiger charge is 2.12. The number of hydrogen-bond donors (Lipinski definition) is 2. The molecule has 0 bridgehead atoms. The molecule has 45 heavy (non-hydrogen) atoms. The van der Waals surface area contributed by atoms with Gasteiger partial charge in [-0.3, -0.25) is 9.11 Å². The molecule has 0 amide bonds. The van der Waals surface area contributed by atoms with Crippen LogP contribution in [0.3, 0.4) is 0 Å². The number of benzene rings is 4. The molecule has 2 N–H and O–H groups in total. The minimum atomic E-state index is -4.15. The van der Waals surface area contributed by atoms with Crippen LogP contribution in [0, 0.1) is 0 Å². The zero-order valence-corrected chi connectivity index (χ0v) is 29.3. The lowest BCUT2D eigenvalue weighted by atomic mass is 10.0. The van der Waals surface area contributed by atoms with Crippen LogP contribution in [0.15, 0.2) is 107 Å². The molecule has 0 radical (unpaired) electrons. The van der Waals surface area contributed by atoms with Gasteiger partial charge in [0.1, 0.15) is 0 Å². The summed E-state index contributed by atoms with van der Waals surface area (Å²) in [4.78, 5) is -0.142. The van der Waals surface area contributed by atoms with Gasteiger partial charge in [-0.1, -0.05) is 104 Å². The first-order valence-corrected chi connectivity index (χ1v) is 20.2. The summed E-state index contributed by atoms with van der Waals surface area (Å²) in [6.45, 7) is 4.69. The summed E-state index contributed by atoms with van der Waals surface area (Å²) < 4.78 is 63.0. The first-order chi connectivity index (χ1) is 21.3. The van der Waals surface area contributed by atoms with Crippen molar-refractivity contribution >= 4 is 48.0 Å². The second kappa shape index (κ2) is 16.4. The maximum atomic E-state index is 11.2. The van der Waals surface area contributed by atoms with Crippen LogP contribution < -0.4 is 10.6 Å². The Kier molecular flexibility index (Phi) is 12.9. The monoisotopic (exact) mass is 684 g/mol. The van der Waals surface area contributed by atoms with Gasteiger partial charge in [-0.05, 0) is 113 Å². The van der Waals surface area contributed by atoms with Crippen LogP contribution in [0.2, 0.25) is 0 Å². The van der Waals surface area contributed by atoms with Crippen molar-refractivity contribution in [1.82, 2.24) is 0 Å². The molecule has 6 nitrogen and oxygen atoms in total. The van der Waals surface area contributed by atoms with E-state index in [1.807, 2.05) is 0 Å². The van der Waals surface area contributed by atoms with Gasteiger partial charge in [0.05, 0.1) is 9.79 Å². The van der Waals surface area contributed by atoms with Crippen LogP contribution in [0.1, 0.15) is 55.4 Å². The molecular weight excluding hydrogens is 642 g/mol. The fraction of sp³-hybridized carbons (Fsp3) is 0.314. The minimum Gasteiger partial charge on any atom is -0.282 e. The van der Waals surface area contributed by atoms with Gasteiger partial charge in [0.25, 0.3) is 20.2 Å². The van der Waals surface area contributed by atoms with Gasteiger partial charge >= 0.3 is 0 Å². The molecule has 4 aromatic carbocycles. The van der Waals surface area contributed by atoms with Crippen molar-refractivity contribution in [1.29, 1.82) is 0 Å². The molecule has 4 atom stereocenters. The summed E-state index contributed by atoms with van der Waals surface area (Å²) in [6.07, 6.45) is 6.76. The highest BCUT2D eigenvalue weighted by atomic mass is 32.2. The summed E-state index contributed by atoms with van der Waals surface area (Å²) in [7, 11) is -6.74. The van der Waals surface area contributed by atoms with E-state index in [0.717, 1.165) is 66.8 Å². The van der Waals surface area contributed by atoms with E-state index in [1.54, 1.807) is 24.3 Å². The van der Waals surface area contributed by atoms with E-state index in [9.17, 15) is 16.8 Å². The molecule has 0 aliphatic carbocycles. The van der Waals surface area contributed by atoms with Crippen LogP contribution in [-0.4, -0.2) is 37.3 Å². The Labute approximate surface area is 272 Å². The van der Waals surface area contributed by atoms with Gasteiger partial charge < -0.3 is 0 Å². The van der Waals surface area contributed by atoms with Gasteiger partial charge in [-0.2, -0.15) is 16.8 Å². The molecule has 0 fully saturated rings. The van der Waals surface area contributed by atoms with Crippen LogP contribution in [-0.2, 0) is 45.9 Å². The fourth-order valence-electron chi connectivity index (χ4n) is 5.40. The molecule has 0 saturated heterocycles. The lowest BCUT2D eigenvalue weighted by Crippen LogP contribution is -2.11. The van der Waals surface area contributed by atoms with E-state index in [4.69, 9.17) is 9.11 Å². The van der Waals surface area contributed by atoms with Crippen molar-refractivity contribution in [3.63, 3.8) is 0 Å². The zero-order chi connectivity index (χ0) is 32.5. The summed E-state index contributed by atoms with van der Waals surface area (Å²) >= 11 is 0. The third-order valence-electron chi connectivity index (χ3n) is 7.75. The molecule has 4 rings (SSSR count). The van der Waals surface area contributed by atoms with Gasteiger partial charge in [-0.25, -0.2) is 0 Å². The van der Waals surface area contributed by atoms with Gasteiger partial charge in [-0.15, -0.1) is 0 Å². The molecule has 240 valence electrons. The Bertz CT molecular complexity index is 1590. The zero-order valence-electron chi connectivity index (χ0n) is 25.7. The predicted octanol–water partition coefficient (Wildman–Crippen LogP) is 7.01. The van der Waals surface area contributed by atoms with Crippen molar-refractivity contribution in [2.24, 2.45) is 0 Å². The Morgan fingerprint density at radius 1 is 0.489 bits per heavy atom. The largest absolute Gasteiger partial charge is 0.294 e. The average molecular weight is 685 g/mol. The van der Waals surface area contributed by atoms with Crippen molar-refractivity contribution in [3.8, 4) is 0 Å². The quantitative estimate of drug-likeness (QED) is 0.0972. The van der Waals surface area contributed by atoms with E-state index < -0.39 is 20.2 Å². The molecule has 0 spiro atoms. The molecule has 4 aromatic rings. The van der Waals surface area contributed by atoms with E-state index in [-0.39, 0.29) is 9.79 Å². The number of hydrogen-bond acceptors (Lipinski definition) is 4. The second-order valence-corrected chi connectivity index (χ2v) is 18.2. The molecule has 10 heteroatoms. The Hall–Kier alpha value is -2.44. The SMILES string of the molecule is CC(CC(C)Pc1ccc(CCCc2ccc(S(=O)(=O)O)cc2)cc1)Pc1ccc(CCCc2ccc(S(=O)(=O)O)cc2)cc1. The van der Waals surface area contributed by atoms with E-state index >= 15 is 0 Å². The van der Waals surface area contributed by atoms with Crippen molar-refractivity contribution in [2.45, 2.75) is 79.9 Å². The molecular formula is C35H42O6P2S2. The van der Waals surface area contributed by atoms with E-state index in [2.05, 4.69) is 62.4 Å². The summed E-state index contributed by atoms with van der Waals surface area (Å²) in [6, 6.07) is 30.8. The predicted molar refractivity (Wildman–Crippen MR) is 189 cm³/mol. The fourth-order valence-corrected chi connectivity index (χ4v) is 9.40. The number of rotatable bonds is 16. The third-order valence-corrected chi connectivity index (χ3v) is 12.3. The van der Waals surface area contributed by atoms with Crippen LogP contribution in [0.5, 0.6) is 0 Å². The van der Waals surface area contributed by atoms with Crippen LogP contribution in [0.4, 0.5) is 0 Å². The second-order valence-electron chi connectivity index (χ2n) is 11.7. The maximum absolute atomic E-state index is 11.2. The summed E-state index contributed by atoms with van der Waals surface area (Å²) in [5.41, 5.74) is 5.96. The molecule has 4 unspecified atom stereocenters. The third kappa shape index (κ3) is 12.0. The minimum absolute atomic E-state index is 0.0709. The molecule has 0 saturated carbocycles. The van der Waals surface area contributed by atoms with E-state index in [0.29, 0.717) is 11.3 Å². The first kappa shape index (κ1) is 35.4. The molecule has 0 aliphatic heterocycles. The first-order valence-electron chi connectivity index (χ1n) is 15.2. The van der Waals surface area contributed by atoms with Gasteiger partial charge in [0.2, 0.25) is 0 Å². The average Bonchev–Trinajstić information content (AvgIpc) is 2.98. The van der Waals surface area contributed by atoms with Crippen LogP contribution >= 0.6 is 17.2 Å².